The summed E-state index contributed by atoms with van der Waals surface area (Å²) in [6, 6.07) is 8.41. The van der Waals surface area contributed by atoms with Crippen molar-refractivity contribution in [1.82, 2.24) is 15.2 Å². The van der Waals surface area contributed by atoms with E-state index in [1.807, 2.05) is 0 Å². The number of hydrogen-bond acceptors (Lipinski definition) is 13. The van der Waals surface area contributed by atoms with Crippen LogP contribution in [0.15, 0.2) is 58.2 Å². The molecule has 16 nitrogen and oxygen atoms in total. The van der Waals surface area contributed by atoms with Gasteiger partial charge in [0.1, 0.15) is 24.5 Å². The van der Waals surface area contributed by atoms with E-state index in [9.17, 15) is 39.3 Å². The Morgan fingerprint density at radius 2 is 1.80 bits per heavy atom. The molecule has 0 saturated carbocycles. The van der Waals surface area contributed by atoms with E-state index >= 15 is 0 Å². The smallest absolute Gasteiger partial charge is 0.352 e. The number of thioether (sulfide) groups is 1. The number of rotatable bonds is 15. The van der Waals surface area contributed by atoms with Gasteiger partial charge >= 0.3 is 11.9 Å². The highest BCUT2D eigenvalue weighted by molar-refractivity contribution is 8.00. The maximum absolute atomic E-state index is 13.7. The number of benzene rings is 2. The van der Waals surface area contributed by atoms with E-state index in [2.05, 4.69) is 15.5 Å². The third-order valence-electron chi connectivity index (χ3n) is 9.63. The number of halogens is 1. The lowest BCUT2D eigenvalue weighted by atomic mass is 9.89. The van der Waals surface area contributed by atoms with Crippen molar-refractivity contribution in [2.45, 2.75) is 31.2 Å². The summed E-state index contributed by atoms with van der Waals surface area (Å²) in [5.41, 5.74) is 7.03. The van der Waals surface area contributed by atoms with Crippen molar-refractivity contribution in [3.8, 4) is 11.5 Å². The van der Waals surface area contributed by atoms with Crippen molar-refractivity contribution < 1.29 is 53.7 Å². The molecule has 0 aliphatic carbocycles. The van der Waals surface area contributed by atoms with Crippen LogP contribution in [-0.4, -0.2) is 114 Å². The zero-order chi connectivity index (χ0) is 38.7. The number of Topliss-reactive ketones (excluding diaryl/α,β-unsaturated/α-hetero) is 1. The van der Waals surface area contributed by atoms with Gasteiger partial charge in [0.2, 0.25) is 5.91 Å². The number of fused-ring (bicyclic) bond motifs is 1. The summed E-state index contributed by atoms with van der Waals surface area (Å²) in [4.78, 5) is 74.8. The van der Waals surface area contributed by atoms with Crippen LogP contribution in [0.5, 0.6) is 11.5 Å². The highest BCUT2D eigenvalue weighted by Crippen LogP contribution is 2.46. The van der Waals surface area contributed by atoms with Gasteiger partial charge in [-0.15, -0.1) is 23.1 Å². The largest absolute Gasteiger partial charge is 0.504 e. The molecule has 4 heterocycles. The lowest BCUT2D eigenvalue weighted by Gasteiger charge is -2.50. The number of nitrogens with zero attached hydrogens (tertiary/aromatic N) is 4. The lowest BCUT2D eigenvalue weighted by Crippen LogP contribution is -2.63. The number of aromatic nitrogens is 1. The number of hydrogen-bond donors (Lipinski definition) is 6. The quantitative estimate of drug-likeness (QED) is 0.0426. The number of thiazole rings is 1. The van der Waals surface area contributed by atoms with Gasteiger partial charge in [0, 0.05) is 36.0 Å². The molecule has 3 aliphatic heterocycles. The first-order chi connectivity index (χ1) is 25.8. The minimum atomic E-state index is -1.24. The molecule has 7 N–H and O–H groups in total. The Bertz CT molecular complexity index is 2060. The van der Waals surface area contributed by atoms with Crippen molar-refractivity contribution in [2.24, 2.45) is 11.1 Å². The van der Waals surface area contributed by atoms with Crippen LogP contribution in [0.3, 0.4) is 0 Å². The number of ketones is 1. The molecule has 54 heavy (non-hydrogen) atoms. The molecule has 0 spiro atoms. The van der Waals surface area contributed by atoms with E-state index in [1.165, 1.54) is 46.3 Å². The number of carboxylic acid groups (broad SMARTS) is 2. The summed E-state index contributed by atoms with van der Waals surface area (Å²) in [5, 5.41) is 46.7. The molecule has 2 amide bonds. The summed E-state index contributed by atoms with van der Waals surface area (Å²) in [5.74, 6) is -5.43. The molecule has 284 valence electrons. The molecule has 2 atom stereocenters. The predicted molar refractivity (Wildman–Crippen MR) is 198 cm³/mol. The van der Waals surface area contributed by atoms with Crippen LogP contribution in [0.4, 0.5) is 5.13 Å². The number of β-lactam (4-membered cyclic amide) rings is 1. The molecule has 0 radical (unpaired) electrons. The molecule has 3 aromatic rings. The van der Waals surface area contributed by atoms with Gasteiger partial charge in [0.05, 0.1) is 53.6 Å². The fourth-order valence-electron chi connectivity index (χ4n) is 6.89. The maximum Gasteiger partial charge on any atom is 0.352 e. The number of likely N-dealkylation sites (tertiary alicyclic amines) is 1. The van der Waals surface area contributed by atoms with Crippen LogP contribution in [-0.2, 0) is 25.8 Å². The second kappa shape index (κ2) is 16.1. The fraction of sp³-hybridized carbons (Fsp3) is 0.343. The summed E-state index contributed by atoms with van der Waals surface area (Å²) < 4.78 is 0.496. The van der Waals surface area contributed by atoms with Crippen LogP contribution in [0.25, 0.3) is 0 Å². The van der Waals surface area contributed by atoms with E-state index in [0.717, 1.165) is 37.3 Å². The third-order valence-corrected chi connectivity index (χ3v) is 12.1. The number of nitrogens with one attached hydrogen (secondary N) is 1. The summed E-state index contributed by atoms with van der Waals surface area (Å²) in [6.45, 7) is 2.45. The Hall–Kier alpha value is -5.17. The normalized spacial score (nSPS) is 19.2. The summed E-state index contributed by atoms with van der Waals surface area (Å²) >= 11 is 8.53. The number of phenols is 2. The second-order valence-electron chi connectivity index (χ2n) is 13.1. The minimum absolute atomic E-state index is 0.00120. The topological polar surface area (TPSA) is 242 Å². The van der Waals surface area contributed by atoms with Gasteiger partial charge in [-0.3, -0.25) is 19.3 Å². The molecule has 3 aliphatic rings. The molecular formula is C35H36ClN6O10S2+. The summed E-state index contributed by atoms with van der Waals surface area (Å²) in [6.07, 6.45) is 1.53. The number of aromatic hydroxyl groups is 2. The third kappa shape index (κ3) is 8.01. The van der Waals surface area contributed by atoms with Crippen molar-refractivity contribution in [1.29, 1.82) is 0 Å². The molecule has 2 saturated heterocycles. The number of nitrogens with two attached hydrogens (primary N) is 1. The van der Waals surface area contributed by atoms with Crippen molar-refractivity contribution in [2.75, 3.05) is 44.2 Å². The van der Waals surface area contributed by atoms with Gasteiger partial charge in [-0.2, -0.15) is 0 Å². The molecular weight excluding hydrogens is 764 g/mol. The number of oxime groups is 1. The van der Waals surface area contributed by atoms with Gasteiger partial charge in [-0.25, -0.2) is 14.6 Å². The Morgan fingerprint density at radius 3 is 2.44 bits per heavy atom. The van der Waals surface area contributed by atoms with Gasteiger partial charge in [0.25, 0.3) is 5.91 Å². The van der Waals surface area contributed by atoms with Gasteiger partial charge in [-0.05, 0) is 29.8 Å². The molecule has 2 fully saturated rings. The summed E-state index contributed by atoms with van der Waals surface area (Å²) in [7, 11) is 0. The van der Waals surface area contributed by atoms with Crippen LogP contribution in [0.2, 0.25) is 5.02 Å². The Kier molecular flexibility index (Phi) is 11.5. The molecule has 0 bridgehead atoms. The van der Waals surface area contributed by atoms with Crippen LogP contribution >= 0.6 is 34.7 Å². The van der Waals surface area contributed by atoms with Gasteiger partial charge < -0.3 is 40.8 Å². The number of amides is 2. The first-order valence-electron chi connectivity index (χ1n) is 16.8. The lowest BCUT2D eigenvalue weighted by molar-refractivity contribution is -0.911. The van der Waals surface area contributed by atoms with E-state index in [4.69, 9.17) is 27.3 Å². The number of aromatic carboxylic acids is 1. The van der Waals surface area contributed by atoms with Crippen molar-refractivity contribution >= 4 is 75.1 Å². The van der Waals surface area contributed by atoms with Crippen molar-refractivity contribution in [3.63, 3.8) is 0 Å². The van der Waals surface area contributed by atoms with Gasteiger partial charge in [-0.1, -0.05) is 28.9 Å². The zero-order valence-corrected chi connectivity index (χ0v) is 31.0. The Labute approximate surface area is 321 Å². The van der Waals surface area contributed by atoms with E-state index in [1.54, 1.807) is 12.1 Å². The minimum Gasteiger partial charge on any atom is -0.504 e. The standard InChI is InChI=1S/C35H35ClN6O10S2/c36-26-21(7-8-24(43)29(26)45)30(46)38-9-12-42(10-1-2-11-42)14-20-16-53-32-22(31(47)41(32)28(20)34(50)51)13-25(44)27(23-17-54-35(37)39-23)40-52-15-18-3-5-19(6-4-18)33(48)49/h3-8,17,22,32H,1-2,9-16H2,(H6-,37,38,39,40,43,44,45,46,48,49,50,51)/p+1/t22-,32-/m1/s1. The first-order valence-corrected chi connectivity index (χ1v) is 19.1. The second-order valence-corrected chi connectivity index (χ2v) is 15.5. The fourth-order valence-corrected chi connectivity index (χ4v) is 9.09. The van der Waals surface area contributed by atoms with E-state index in [-0.39, 0.29) is 58.0 Å². The number of aliphatic carboxylic acids is 1. The van der Waals surface area contributed by atoms with Gasteiger partial charge in [0.15, 0.2) is 28.1 Å². The molecule has 2 aromatic carbocycles. The number of anilines is 1. The number of nitrogen functional groups attached to an aromatic ring is 1. The van der Waals surface area contributed by atoms with Crippen molar-refractivity contribution in [3.05, 3.63) is 80.5 Å². The number of carboxylic acids is 2. The number of carbonyl (C=O) groups excluding carboxylic acids is 3. The highest BCUT2D eigenvalue weighted by atomic mass is 35.5. The number of phenolic OH excluding ortho intramolecular Hbond substituents is 2. The van der Waals surface area contributed by atoms with Crippen LogP contribution < -0.4 is 11.1 Å². The predicted octanol–water partition coefficient (Wildman–Crippen LogP) is 3.28. The average molecular weight is 800 g/mol. The monoisotopic (exact) mass is 799 g/mol. The highest BCUT2D eigenvalue weighted by Gasteiger charge is 2.55. The Morgan fingerprint density at radius 1 is 1.07 bits per heavy atom. The Balaban J connectivity index is 1.13. The molecule has 1 aromatic heterocycles. The molecule has 0 unspecified atom stereocenters. The number of carbonyl (C=O) groups is 5. The zero-order valence-electron chi connectivity index (χ0n) is 28.6. The average Bonchev–Trinajstić information content (AvgIpc) is 3.80. The van der Waals surface area contributed by atoms with Crippen LogP contribution in [0, 0.1) is 5.92 Å². The SMILES string of the molecule is Nc1nc(/C(=N/OCc2ccc(C(=O)O)cc2)C(=O)C[C@@H]2C(=O)N3C(C(=O)O)=C(C[N+]4(CCNC(=O)c5ccc(O)c(O)c5Cl)CCCC4)CS[C@H]23)cs1. The first kappa shape index (κ1) is 38.6. The van der Waals surface area contributed by atoms with E-state index < -0.39 is 52.3 Å². The molecule has 6 rings (SSSR count). The maximum atomic E-state index is 13.7. The van der Waals surface area contributed by atoms with E-state index in [0.29, 0.717) is 34.5 Å². The number of quaternary nitrogens is 1. The van der Waals surface area contributed by atoms with Crippen LogP contribution in [0.1, 0.15) is 51.2 Å². The molecule has 19 heteroatoms.